The molecule has 2 nitrogen and oxygen atoms in total. The summed E-state index contributed by atoms with van der Waals surface area (Å²) < 4.78 is 48.2. The van der Waals surface area contributed by atoms with E-state index in [0.29, 0.717) is 18.4 Å². The van der Waals surface area contributed by atoms with E-state index in [4.69, 9.17) is 4.74 Å². The van der Waals surface area contributed by atoms with Crippen molar-refractivity contribution in [3.05, 3.63) is 112 Å². The Morgan fingerprint density at radius 2 is 1.67 bits per heavy atom. The molecule has 6 heteroatoms. The van der Waals surface area contributed by atoms with Crippen LogP contribution in [0.25, 0.3) is 15.0 Å². The predicted molar refractivity (Wildman–Crippen MR) is 124 cm³/mol. The lowest BCUT2D eigenvalue weighted by Crippen LogP contribution is -2.29. The molecule has 4 aromatic rings. The first-order valence-electron chi connectivity index (χ1n) is 10.6. The second-order valence-corrected chi connectivity index (χ2v) is 10.3. The molecule has 3 aromatic carbocycles. The Morgan fingerprint density at radius 1 is 0.970 bits per heavy atom. The quantitative estimate of drug-likeness (QED) is 0.134. The molecule has 0 bridgehead atoms. The third kappa shape index (κ3) is 3.74. The van der Waals surface area contributed by atoms with E-state index in [0.717, 1.165) is 17.0 Å². The van der Waals surface area contributed by atoms with Gasteiger partial charge in [-0.15, -0.1) is 0 Å². The van der Waals surface area contributed by atoms with E-state index in [2.05, 4.69) is 25.1 Å². The van der Waals surface area contributed by atoms with E-state index >= 15 is 0 Å². The molecule has 166 valence electrons. The number of ether oxygens (including phenoxy) is 1. The number of hydrogen-bond acceptors (Lipinski definition) is 2. The summed E-state index contributed by atoms with van der Waals surface area (Å²) in [6, 6.07) is 19.4. The van der Waals surface area contributed by atoms with Gasteiger partial charge in [-0.1, -0.05) is 18.2 Å². The third-order valence-electron chi connectivity index (χ3n) is 5.96. The number of fused-ring (bicyclic) bond motifs is 1. The molecule has 0 spiro atoms. The zero-order valence-corrected chi connectivity index (χ0v) is 18.6. The van der Waals surface area contributed by atoms with Gasteiger partial charge in [0.05, 0.1) is 5.56 Å². The second-order valence-electron chi connectivity index (χ2n) is 8.10. The monoisotopic (exact) mass is 465 g/mol. The Hall–Kier alpha value is -3.38. The molecule has 0 saturated carbocycles. The molecule has 1 aliphatic carbocycles. The van der Waals surface area contributed by atoms with Gasteiger partial charge < -0.3 is 4.74 Å². The van der Waals surface area contributed by atoms with Crippen molar-refractivity contribution in [3.8, 4) is 4.90 Å². The second kappa shape index (κ2) is 8.19. The highest BCUT2D eigenvalue weighted by molar-refractivity contribution is 7.45. The van der Waals surface area contributed by atoms with Crippen molar-refractivity contribution in [3.63, 3.8) is 0 Å². The molecule has 1 aliphatic rings. The Labute approximate surface area is 191 Å². The van der Waals surface area contributed by atoms with Crippen LogP contribution in [0.5, 0.6) is 0 Å². The van der Waals surface area contributed by atoms with Crippen LogP contribution >= 0.6 is 10.5 Å². The van der Waals surface area contributed by atoms with Gasteiger partial charge in [0.2, 0.25) is 0 Å². The van der Waals surface area contributed by atoms with Gasteiger partial charge in [-0.05, 0) is 67.4 Å². The van der Waals surface area contributed by atoms with E-state index in [1.54, 1.807) is 24.3 Å². The molecule has 5 rings (SSSR count). The number of esters is 1. The molecule has 1 aromatic heterocycles. The van der Waals surface area contributed by atoms with Crippen LogP contribution < -0.4 is 0 Å². The molecular formula is C27H20F3O2S+. The van der Waals surface area contributed by atoms with Gasteiger partial charge in [0.15, 0.2) is 37.5 Å². The highest BCUT2D eigenvalue weighted by atomic mass is 32.2. The normalized spacial score (nSPS) is 18.1. The van der Waals surface area contributed by atoms with Gasteiger partial charge in [-0.2, -0.15) is 0 Å². The largest absolute Gasteiger partial charge is 0.446 e. The van der Waals surface area contributed by atoms with Crippen LogP contribution in [0.4, 0.5) is 13.2 Å². The molecule has 0 aliphatic heterocycles. The molecule has 2 atom stereocenters. The Balaban J connectivity index is 1.45. The summed E-state index contributed by atoms with van der Waals surface area (Å²) >= 11 is 0. The average molecular weight is 466 g/mol. The fraction of sp³-hybridized carbons (Fsp3) is 0.148. The van der Waals surface area contributed by atoms with Gasteiger partial charge in [-0.3, -0.25) is 0 Å². The van der Waals surface area contributed by atoms with Crippen molar-refractivity contribution < 1.29 is 22.7 Å². The van der Waals surface area contributed by atoms with Gasteiger partial charge in [0, 0.05) is 34.4 Å². The number of rotatable bonds is 4. The molecule has 1 heterocycles. The van der Waals surface area contributed by atoms with E-state index in [1.165, 1.54) is 15.0 Å². The maximum absolute atomic E-state index is 13.9. The van der Waals surface area contributed by atoms with Crippen molar-refractivity contribution in [1.82, 2.24) is 0 Å². The van der Waals surface area contributed by atoms with Gasteiger partial charge in [0.1, 0.15) is 0 Å². The fourth-order valence-corrected chi connectivity index (χ4v) is 6.54. The lowest BCUT2D eigenvalue weighted by atomic mass is 9.92. The van der Waals surface area contributed by atoms with Crippen LogP contribution in [0.2, 0.25) is 0 Å². The van der Waals surface area contributed by atoms with Crippen LogP contribution in [-0.4, -0.2) is 5.97 Å². The van der Waals surface area contributed by atoms with Crippen LogP contribution in [0.1, 0.15) is 33.6 Å². The maximum atomic E-state index is 13.9. The summed E-state index contributed by atoms with van der Waals surface area (Å²) in [6.07, 6.45) is 4.28. The van der Waals surface area contributed by atoms with Crippen LogP contribution in [-0.2, 0) is 10.3 Å². The summed E-state index contributed by atoms with van der Waals surface area (Å²) in [7, 11) is -0.202. The SMILES string of the molecule is Cc1cc2ccccc2[s+]1-c1ccc(C(=O)OC2(c3cc(F)c(F)c(F)c3)C=CCC2)cc1. The lowest BCUT2D eigenvalue weighted by Gasteiger charge is -2.28. The van der Waals surface area contributed by atoms with Gasteiger partial charge in [-0.25, -0.2) is 18.0 Å². The summed E-state index contributed by atoms with van der Waals surface area (Å²) in [6.45, 7) is 2.10. The van der Waals surface area contributed by atoms with Crippen molar-refractivity contribution in [2.45, 2.75) is 25.4 Å². The molecule has 0 radical (unpaired) electrons. The minimum atomic E-state index is -1.54. The average Bonchev–Trinajstić information content (AvgIpc) is 3.41. The Kier molecular flexibility index (Phi) is 5.33. The number of aryl methyl sites for hydroxylation is 1. The van der Waals surface area contributed by atoms with E-state index < -0.39 is 29.0 Å². The molecular weight excluding hydrogens is 445 g/mol. The summed E-state index contributed by atoms with van der Waals surface area (Å²) in [5.74, 6) is -4.78. The molecule has 0 saturated heterocycles. The number of carbonyl (C=O) groups is 1. The zero-order valence-electron chi connectivity index (χ0n) is 17.8. The van der Waals surface area contributed by atoms with Crippen molar-refractivity contribution in [2.24, 2.45) is 0 Å². The first-order chi connectivity index (χ1) is 15.9. The number of allylic oxidation sites excluding steroid dienone is 1. The van der Waals surface area contributed by atoms with Crippen LogP contribution in [0.3, 0.4) is 0 Å². The zero-order chi connectivity index (χ0) is 23.2. The smallest absolute Gasteiger partial charge is 0.339 e. The molecule has 0 amide bonds. The highest BCUT2D eigenvalue weighted by Gasteiger charge is 2.38. The standard InChI is InChI=1S/C27H20F3O2S/c1-17-14-19-6-2-3-7-24(19)33(17)21-10-8-18(9-11-21)26(31)32-27(12-4-5-13-27)20-15-22(28)25(30)23(29)16-20/h2-4,6-12,14-16H,5,13H2,1H3/q+1. The lowest BCUT2D eigenvalue weighted by molar-refractivity contribution is 0.00148. The predicted octanol–water partition coefficient (Wildman–Crippen LogP) is 7.71. The van der Waals surface area contributed by atoms with Gasteiger partial charge in [0.25, 0.3) is 0 Å². The van der Waals surface area contributed by atoms with E-state index in [1.807, 2.05) is 24.3 Å². The van der Waals surface area contributed by atoms with E-state index in [-0.39, 0.29) is 16.0 Å². The minimum Gasteiger partial charge on any atom is -0.446 e. The number of hydrogen-bond donors (Lipinski definition) is 0. The van der Waals surface area contributed by atoms with Crippen LogP contribution in [0, 0.1) is 24.4 Å². The number of thiophene rings is 1. The Bertz CT molecular complexity index is 1380. The van der Waals surface area contributed by atoms with Crippen molar-refractivity contribution >= 4 is 26.5 Å². The fourth-order valence-electron chi connectivity index (χ4n) is 4.34. The first kappa shape index (κ1) is 21.5. The van der Waals surface area contributed by atoms with Crippen LogP contribution in [0.15, 0.2) is 78.9 Å². The van der Waals surface area contributed by atoms with Crippen molar-refractivity contribution in [2.75, 3.05) is 0 Å². The Morgan fingerprint density at radius 3 is 2.33 bits per heavy atom. The number of halogens is 3. The number of carbonyl (C=O) groups excluding carboxylic acids is 1. The first-order valence-corrected chi connectivity index (χ1v) is 11.8. The summed E-state index contributed by atoms with van der Waals surface area (Å²) in [5.41, 5.74) is -0.932. The minimum absolute atomic E-state index is 0.0717. The topological polar surface area (TPSA) is 26.3 Å². The van der Waals surface area contributed by atoms with Gasteiger partial charge >= 0.3 is 5.97 Å². The summed E-state index contributed by atoms with van der Waals surface area (Å²) in [4.78, 5) is 15.3. The van der Waals surface area contributed by atoms with Crippen molar-refractivity contribution in [1.29, 1.82) is 0 Å². The van der Waals surface area contributed by atoms with E-state index in [9.17, 15) is 18.0 Å². The summed E-state index contributed by atoms with van der Waals surface area (Å²) in [5, 5.41) is 1.20. The highest BCUT2D eigenvalue weighted by Crippen LogP contribution is 2.44. The third-order valence-corrected chi connectivity index (χ3v) is 8.28. The number of benzene rings is 3. The molecule has 33 heavy (non-hydrogen) atoms. The molecule has 0 N–H and O–H groups in total. The maximum Gasteiger partial charge on any atom is 0.339 e. The molecule has 0 fully saturated rings. The molecule has 2 unspecified atom stereocenters.